The van der Waals surface area contributed by atoms with Crippen LogP contribution in [0.1, 0.15) is 5.56 Å². The van der Waals surface area contributed by atoms with Gasteiger partial charge in [0.05, 0.1) is 24.2 Å². The third-order valence-corrected chi connectivity index (χ3v) is 2.00. The highest BCUT2D eigenvalue weighted by Crippen LogP contribution is 2.23. The van der Waals surface area contributed by atoms with Gasteiger partial charge in [-0.1, -0.05) is 0 Å². The van der Waals surface area contributed by atoms with Crippen molar-refractivity contribution < 1.29 is 24.3 Å². The largest absolute Gasteiger partial charge is 0.482 e. The van der Waals surface area contributed by atoms with Gasteiger partial charge < -0.3 is 14.6 Å². The van der Waals surface area contributed by atoms with Gasteiger partial charge in [-0.3, -0.25) is 10.1 Å². The summed E-state index contributed by atoms with van der Waals surface area (Å²) in [6.07, 6.45) is 0. The lowest BCUT2D eigenvalue weighted by atomic mass is 10.2. The fourth-order valence-electron chi connectivity index (χ4n) is 1.16. The standard InChI is InChI=1S/C10H11NO6/c1-16-10(13)6-17-8-2-3-9(11(14)15)7(4-8)5-12/h2-4,12H,5-6H2,1H3. The van der Waals surface area contributed by atoms with E-state index >= 15 is 0 Å². The maximum atomic E-state index is 10.8. The van der Waals surface area contributed by atoms with Crippen LogP contribution in [0.5, 0.6) is 5.75 Å². The first-order valence-electron chi connectivity index (χ1n) is 4.66. The van der Waals surface area contributed by atoms with E-state index in [1.165, 1.54) is 25.3 Å². The van der Waals surface area contributed by atoms with Crippen LogP contribution in [0, 0.1) is 10.1 Å². The third-order valence-electron chi connectivity index (χ3n) is 2.00. The number of methoxy groups -OCH3 is 1. The maximum absolute atomic E-state index is 10.8. The molecule has 1 N–H and O–H groups in total. The second-order valence-electron chi connectivity index (χ2n) is 3.07. The van der Waals surface area contributed by atoms with Crippen LogP contribution in [0.3, 0.4) is 0 Å². The summed E-state index contributed by atoms with van der Waals surface area (Å²) in [6.45, 7) is -0.773. The first kappa shape index (κ1) is 12.9. The van der Waals surface area contributed by atoms with Gasteiger partial charge in [0, 0.05) is 6.07 Å². The molecule has 0 aliphatic rings. The van der Waals surface area contributed by atoms with E-state index in [4.69, 9.17) is 9.84 Å². The molecule has 0 spiro atoms. The zero-order chi connectivity index (χ0) is 12.8. The first-order valence-corrected chi connectivity index (χ1v) is 4.66. The second-order valence-corrected chi connectivity index (χ2v) is 3.07. The molecular weight excluding hydrogens is 230 g/mol. The normalized spacial score (nSPS) is 9.76. The van der Waals surface area contributed by atoms with E-state index in [9.17, 15) is 14.9 Å². The number of nitrogens with zero attached hydrogens (tertiary/aromatic N) is 1. The molecule has 1 rings (SSSR count). The molecule has 0 amide bonds. The number of esters is 1. The Balaban J connectivity index is 2.82. The van der Waals surface area contributed by atoms with E-state index in [-0.39, 0.29) is 23.6 Å². The molecule has 0 radical (unpaired) electrons. The average Bonchev–Trinajstić information content (AvgIpc) is 2.35. The molecule has 0 aliphatic carbocycles. The smallest absolute Gasteiger partial charge is 0.343 e. The molecule has 0 heterocycles. The number of carbonyl (C=O) groups is 1. The Morgan fingerprint density at radius 2 is 2.24 bits per heavy atom. The van der Waals surface area contributed by atoms with Crippen LogP contribution in [-0.4, -0.2) is 29.7 Å². The molecule has 0 fully saturated rings. The Hall–Kier alpha value is -2.15. The van der Waals surface area contributed by atoms with Crippen molar-refractivity contribution in [3.8, 4) is 5.75 Å². The third kappa shape index (κ3) is 3.42. The number of benzene rings is 1. The van der Waals surface area contributed by atoms with Crippen molar-refractivity contribution in [3.05, 3.63) is 33.9 Å². The number of nitro benzene ring substituents is 1. The highest BCUT2D eigenvalue weighted by atomic mass is 16.6. The van der Waals surface area contributed by atoms with Crippen LogP contribution in [0.2, 0.25) is 0 Å². The van der Waals surface area contributed by atoms with E-state index in [0.717, 1.165) is 0 Å². The molecule has 0 saturated heterocycles. The molecule has 92 valence electrons. The highest BCUT2D eigenvalue weighted by molar-refractivity contribution is 5.70. The minimum atomic E-state index is -0.602. The fraction of sp³-hybridized carbons (Fsp3) is 0.300. The summed E-state index contributed by atoms with van der Waals surface area (Å²) in [5, 5.41) is 19.5. The maximum Gasteiger partial charge on any atom is 0.343 e. The highest BCUT2D eigenvalue weighted by Gasteiger charge is 2.14. The molecule has 1 aromatic rings. The van der Waals surface area contributed by atoms with Crippen molar-refractivity contribution in [3.63, 3.8) is 0 Å². The van der Waals surface area contributed by atoms with Crippen LogP contribution < -0.4 is 4.74 Å². The van der Waals surface area contributed by atoms with Gasteiger partial charge in [-0.05, 0) is 12.1 Å². The van der Waals surface area contributed by atoms with Gasteiger partial charge in [0.25, 0.3) is 5.69 Å². The summed E-state index contributed by atoms with van der Waals surface area (Å²) in [5.41, 5.74) is -0.0738. The number of carbonyl (C=O) groups excluding carboxylic acids is 1. The molecule has 7 heteroatoms. The zero-order valence-corrected chi connectivity index (χ0v) is 9.08. The Labute approximate surface area is 96.7 Å². The molecule has 0 aliphatic heterocycles. The van der Waals surface area contributed by atoms with Crippen LogP contribution in [0.4, 0.5) is 5.69 Å². The molecule has 0 atom stereocenters. The lowest BCUT2D eigenvalue weighted by molar-refractivity contribution is -0.385. The number of rotatable bonds is 5. The van der Waals surface area contributed by atoms with Crippen LogP contribution >= 0.6 is 0 Å². The van der Waals surface area contributed by atoms with E-state index in [1.54, 1.807) is 0 Å². The van der Waals surface area contributed by atoms with Crippen molar-refractivity contribution in [2.45, 2.75) is 6.61 Å². The van der Waals surface area contributed by atoms with E-state index in [2.05, 4.69) is 4.74 Å². The number of aliphatic hydroxyl groups is 1. The topological polar surface area (TPSA) is 98.9 Å². The van der Waals surface area contributed by atoms with Crippen LogP contribution in [0.25, 0.3) is 0 Å². The van der Waals surface area contributed by atoms with Gasteiger partial charge in [0.1, 0.15) is 5.75 Å². The Bertz CT molecular complexity index is 431. The SMILES string of the molecule is COC(=O)COc1ccc([N+](=O)[O-])c(CO)c1. The summed E-state index contributed by atoms with van der Waals surface area (Å²) in [7, 11) is 1.22. The lowest BCUT2D eigenvalue weighted by Gasteiger charge is -2.06. The number of nitro groups is 1. The number of hydrogen-bond donors (Lipinski definition) is 1. The molecule has 0 bridgehead atoms. The van der Waals surface area contributed by atoms with Gasteiger partial charge in [0.15, 0.2) is 6.61 Å². The van der Waals surface area contributed by atoms with Gasteiger partial charge in [-0.15, -0.1) is 0 Å². The van der Waals surface area contributed by atoms with Gasteiger partial charge in [-0.2, -0.15) is 0 Å². The number of hydrogen-bond acceptors (Lipinski definition) is 6. The van der Waals surface area contributed by atoms with Crippen molar-refractivity contribution in [2.24, 2.45) is 0 Å². The first-order chi connectivity index (χ1) is 8.08. The van der Waals surface area contributed by atoms with Crippen molar-refractivity contribution in [1.82, 2.24) is 0 Å². The number of aliphatic hydroxyl groups excluding tert-OH is 1. The Morgan fingerprint density at radius 1 is 1.53 bits per heavy atom. The van der Waals surface area contributed by atoms with Gasteiger partial charge in [-0.25, -0.2) is 4.79 Å². The molecule has 7 nitrogen and oxygen atoms in total. The van der Waals surface area contributed by atoms with Crippen molar-refractivity contribution >= 4 is 11.7 Å². The zero-order valence-electron chi connectivity index (χ0n) is 9.08. The van der Waals surface area contributed by atoms with Crippen molar-refractivity contribution in [1.29, 1.82) is 0 Å². The summed E-state index contributed by atoms with van der Waals surface area (Å²) in [5.74, 6) is -0.307. The summed E-state index contributed by atoms with van der Waals surface area (Å²) >= 11 is 0. The Morgan fingerprint density at radius 3 is 2.76 bits per heavy atom. The minimum Gasteiger partial charge on any atom is -0.482 e. The monoisotopic (exact) mass is 241 g/mol. The molecule has 17 heavy (non-hydrogen) atoms. The van der Waals surface area contributed by atoms with E-state index < -0.39 is 17.5 Å². The van der Waals surface area contributed by atoms with E-state index in [1.807, 2.05) is 0 Å². The van der Waals surface area contributed by atoms with Crippen LogP contribution in [0.15, 0.2) is 18.2 Å². The summed E-state index contributed by atoms with van der Waals surface area (Å²) < 4.78 is 9.40. The predicted molar refractivity (Wildman–Crippen MR) is 56.5 cm³/mol. The Kier molecular flexibility index (Phi) is 4.41. The quantitative estimate of drug-likeness (QED) is 0.461. The summed E-state index contributed by atoms with van der Waals surface area (Å²) in [4.78, 5) is 20.8. The second kappa shape index (κ2) is 5.80. The minimum absolute atomic E-state index is 0.123. The molecule has 0 saturated carbocycles. The predicted octanol–water partition coefficient (Wildman–Crippen LogP) is 0.639. The van der Waals surface area contributed by atoms with Crippen LogP contribution in [-0.2, 0) is 16.1 Å². The van der Waals surface area contributed by atoms with Gasteiger partial charge >= 0.3 is 5.97 Å². The van der Waals surface area contributed by atoms with Crippen molar-refractivity contribution in [2.75, 3.05) is 13.7 Å². The molecule has 0 aromatic heterocycles. The molecule has 0 unspecified atom stereocenters. The molecular formula is C10H11NO6. The molecule has 1 aromatic carbocycles. The van der Waals surface area contributed by atoms with Gasteiger partial charge in [0.2, 0.25) is 0 Å². The number of ether oxygens (including phenoxy) is 2. The fourth-order valence-corrected chi connectivity index (χ4v) is 1.16. The average molecular weight is 241 g/mol. The summed E-state index contributed by atoms with van der Waals surface area (Å²) in [6, 6.07) is 3.86. The lowest BCUT2D eigenvalue weighted by Crippen LogP contribution is -2.12. The van der Waals surface area contributed by atoms with E-state index in [0.29, 0.717) is 0 Å².